The van der Waals surface area contributed by atoms with Crippen molar-refractivity contribution in [2.45, 2.75) is 312 Å². The van der Waals surface area contributed by atoms with Gasteiger partial charge in [-0.2, -0.15) is 0 Å². The van der Waals surface area contributed by atoms with Crippen molar-refractivity contribution >= 4 is 5.91 Å². The summed E-state index contributed by atoms with van der Waals surface area (Å²) in [6.45, 7) is 2.80. The summed E-state index contributed by atoms with van der Waals surface area (Å²) in [5, 5.41) is 87.0. The summed E-state index contributed by atoms with van der Waals surface area (Å²) in [6.07, 6.45) is 33.6. The highest BCUT2D eigenvalue weighted by Crippen LogP contribution is 2.30. The van der Waals surface area contributed by atoms with Crippen LogP contribution in [0.15, 0.2) is 24.3 Å². The smallest absolute Gasteiger partial charge is 0.220 e. The predicted molar refractivity (Wildman–Crippen MR) is 282 cm³/mol. The minimum atomic E-state index is -1.79. The van der Waals surface area contributed by atoms with E-state index in [9.17, 15) is 45.6 Å². The maximum atomic E-state index is 13.2. The first-order chi connectivity index (χ1) is 34.6. The Kier molecular flexibility index (Phi) is 40.4. The van der Waals surface area contributed by atoms with Gasteiger partial charge in [0, 0.05) is 6.42 Å². The van der Waals surface area contributed by atoms with Gasteiger partial charge in [0.2, 0.25) is 5.91 Å². The van der Waals surface area contributed by atoms with Crippen LogP contribution in [0.1, 0.15) is 239 Å². The van der Waals surface area contributed by atoms with Crippen LogP contribution in [0.4, 0.5) is 0 Å². The Morgan fingerprint density at radius 2 is 0.901 bits per heavy atom. The molecule has 0 aromatic carbocycles. The highest BCUT2D eigenvalue weighted by atomic mass is 16.7. The summed E-state index contributed by atoms with van der Waals surface area (Å²) in [5.41, 5.74) is 0. The lowest BCUT2D eigenvalue weighted by molar-refractivity contribution is -0.359. The number of allylic oxidation sites excluding steroid dienone is 3. The molecule has 14 heteroatoms. The van der Waals surface area contributed by atoms with Gasteiger partial charge in [-0.1, -0.05) is 224 Å². The molecule has 71 heavy (non-hydrogen) atoms. The number of carbonyl (C=O) groups excluding carboxylic acids is 1. The molecule has 0 bridgehead atoms. The number of ether oxygens (including phenoxy) is 4. The molecule has 0 saturated carbocycles. The summed E-state index contributed by atoms with van der Waals surface area (Å²) in [7, 11) is 0. The molecule has 2 saturated heterocycles. The number of nitrogens with one attached hydrogen (secondary N) is 1. The van der Waals surface area contributed by atoms with Gasteiger partial charge in [-0.3, -0.25) is 4.79 Å². The van der Waals surface area contributed by atoms with Crippen LogP contribution in [-0.4, -0.2) is 140 Å². The van der Waals surface area contributed by atoms with Crippen molar-refractivity contribution in [2.24, 2.45) is 0 Å². The van der Waals surface area contributed by atoms with Crippen molar-refractivity contribution < 1.29 is 64.6 Å². The number of carbonyl (C=O) groups is 1. The third kappa shape index (κ3) is 30.0. The van der Waals surface area contributed by atoms with E-state index in [0.717, 1.165) is 32.1 Å². The molecular formula is C57H107NO13. The Hall–Kier alpha value is -1.53. The lowest BCUT2D eigenvalue weighted by Gasteiger charge is -2.46. The van der Waals surface area contributed by atoms with E-state index in [2.05, 4.69) is 31.3 Å². The van der Waals surface area contributed by atoms with E-state index in [0.29, 0.717) is 12.8 Å². The largest absolute Gasteiger partial charge is 0.394 e. The van der Waals surface area contributed by atoms with Crippen molar-refractivity contribution in [1.82, 2.24) is 5.32 Å². The normalized spacial score (nSPS) is 25.9. The average Bonchev–Trinajstić information content (AvgIpc) is 3.37. The summed E-state index contributed by atoms with van der Waals surface area (Å²) in [6, 6.07) is -0.927. The van der Waals surface area contributed by atoms with E-state index >= 15 is 0 Å². The van der Waals surface area contributed by atoms with Crippen LogP contribution in [-0.2, 0) is 23.7 Å². The number of hydrogen-bond acceptors (Lipinski definition) is 13. The van der Waals surface area contributed by atoms with E-state index in [1.807, 2.05) is 6.08 Å². The van der Waals surface area contributed by atoms with Crippen LogP contribution in [0.2, 0.25) is 0 Å². The summed E-state index contributed by atoms with van der Waals surface area (Å²) < 4.78 is 22.7. The molecular weight excluding hydrogens is 907 g/mol. The van der Waals surface area contributed by atoms with Gasteiger partial charge in [0.25, 0.3) is 0 Å². The number of aliphatic hydroxyl groups is 8. The third-order valence-corrected chi connectivity index (χ3v) is 14.4. The zero-order valence-electron chi connectivity index (χ0n) is 44.7. The predicted octanol–water partition coefficient (Wildman–Crippen LogP) is 9.28. The molecule has 0 aromatic rings. The first-order valence-electron chi connectivity index (χ1n) is 29.1. The quantitative estimate of drug-likeness (QED) is 0.0205. The molecule has 2 heterocycles. The van der Waals surface area contributed by atoms with Gasteiger partial charge in [-0.25, -0.2) is 0 Å². The molecule has 418 valence electrons. The molecule has 0 aromatic heterocycles. The summed E-state index contributed by atoms with van der Waals surface area (Å²) >= 11 is 0. The van der Waals surface area contributed by atoms with Gasteiger partial charge >= 0.3 is 0 Å². The maximum absolute atomic E-state index is 13.2. The van der Waals surface area contributed by atoms with Gasteiger partial charge in [-0.15, -0.1) is 0 Å². The molecule has 12 atom stereocenters. The Morgan fingerprint density at radius 1 is 0.493 bits per heavy atom. The Morgan fingerprint density at radius 3 is 1.38 bits per heavy atom. The summed E-state index contributed by atoms with van der Waals surface area (Å²) in [4.78, 5) is 13.2. The monoisotopic (exact) mass is 1010 g/mol. The van der Waals surface area contributed by atoms with E-state index in [4.69, 9.17) is 18.9 Å². The van der Waals surface area contributed by atoms with Gasteiger partial charge in [0.15, 0.2) is 12.6 Å². The first-order valence-corrected chi connectivity index (χ1v) is 29.1. The lowest BCUT2D eigenvalue weighted by Crippen LogP contribution is -2.65. The van der Waals surface area contributed by atoms with Gasteiger partial charge in [0.1, 0.15) is 48.8 Å². The fourth-order valence-corrected chi connectivity index (χ4v) is 9.66. The standard InChI is InChI=1S/C57H107NO13/c1-3-5-7-9-11-13-15-17-19-21-22-23-25-26-28-30-32-34-36-38-40-46(61)45(58-49(62)41-39-37-35-33-31-29-27-24-20-18-16-14-12-10-8-6-4-2)44-68-56-54(67)52(65)55(48(43-60)70-56)71-57-53(66)51(64)50(63)47(42-59)69-57/h30,32,38,40,45-48,50-57,59-61,63-67H,3-29,31,33-37,39,41-44H2,1-2H3,(H,58,62)/b32-30+,40-38+. The molecule has 14 nitrogen and oxygen atoms in total. The second-order valence-corrected chi connectivity index (χ2v) is 20.8. The average molecular weight is 1010 g/mol. The first kappa shape index (κ1) is 65.6. The molecule has 2 aliphatic rings. The second kappa shape index (κ2) is 43.7. The number of aliphatic hydroxyl groups excluding tert-OH is 8. The molecule has 2 fully saturated rings. The minimum Gasteiger partial charge on any atom is -0.394 e. The highest BCUT2D eigenvalue weighted by Gasteiger charge is 2.51. The molecule has 0 radical (unpaired) electrons. The molecule has 9 N–H and O–H groups in total. The fourth-order valence-electron chi connectivity index (χ4n) is 9.66. The molecule has 2 aliphatic heterocycles. The van der Waals surface area contributed by atoms with Crippen molar-refractivity contribution in [1.29, 1.82) is 0 Å². The van der Waals surface area contributed by atoms with E-state index in [1.165, 1.54) is 173 Å². The number of amides is 1. The fraction of sp³-hybridized carbons (Fsp3) is 0.912. The molecule has 0 aliphatic carbocycles. The Balaban J connectivity index is 1.80. The molecule has 1 amide bonds. The zero-order valence-corrected chi connectivity index (χ0v) is 44.7. The van der Waals surface area contributed by atoms with Gasteiger partial charge < -0.3 is 65.1 Å². The van der Waals surface area contributed by atoms with E-state index in [-0.39, 0.29) is 18.9 Å². The number of unbranched alkanes of at least 4 members (excludes halogenated alkanes) is 31. The van der Waals surface area contributed by atoms with Gasteiger partial charge in [0.05, 0.1) is 32.0 Å². The van der Waals surface area contributed by atoms with E-state index < -0.39 is 86.8 Å². The number of rotatable bonds is 46. The second-order valence-electron chi connectivity index (χ2n) is 20.8. The minimum absolute atomic E-state index is 0.246. The van der Waals surface area contributed by atoms with E-state index in [1.54, 1.807) is 6.08 Å². The van der Waals surface area contributed by atoms with Crippen LogP contribution in [0.3, 0.4) is 0 Å². The third-order valence-electron chi connectivity index (χ3n) is 14.4. The molecule has 12 unspecified atom stereocenters. The Bertz CT molecular complexity index is 1290. The number of hydrogen-bond donors (Lipinski definition) is 9. The molecule has 0 spiro atoms. The van der Waals surface area contributed by atoms with Crippen LogP contribution >= 0.6 is 0 Å². The lowest BCUT2D eigenvalue weighted by atomic mass is 9.97. The molecule has 2 rings (SSSR count). The van der Waals surface area contributed by atoms with Crippen LogP contribution in [0.25, 0.3) is 0 Å². The van der Waals surface area contributed by atoms with Crippen molar-refractivity contribution in [3.05, 3.63) is 24.3 Å². The van der Waals surface area contributed by atoms with Crippen molar-refractivity contribution in [2.75, 3.05) is 19.8 Å². The van der Waals surface area contributed by atoms with Gasteiger partial charge in [-0.05, 0) is 32.1 Å². The SMILES string of the molecule is CCCCCCCCCCCCCCCC/C=C/CC/C=C/C(O)C(COC1OC(CO)C(OC2OC(CO)C(O)C(O)C2O)C(O)C1O)NC(=O)CCCCCCCCCCCCCCCCCCC. The maximum Gasteiger partial charge on any atom is 0.220 e. The topological polar surface area (TPSA) is 228 Å². The Labute approximate surface area is 430 Å². The van der Waals surface area contributed by atoms with Crippen molar-refractivity contribution in [3.63, 3.8) is 0 Å². The van der Waals surface area contributed by atoms with Crippen LogP contribution in [0.5, 0.6) is 0 Å². The van der Waals surface area contributed by atoms with Crippen molar-refractivity contribution in [3.8, 4) is 0 Å². The zero-order chi connectivity index (χ0) is 51.7. The summed E-state index contributed by atoms with van der Waals surface area (Å²) in [5.74, 6) is -0.246. The van der Waals surface area contributed by atoms with Crippen LogP contribution in [0, 0.1) is 0 Å². The highest BCUT2D eigenvalue weighted by molar-refractivity contribution is 5.76. The van der Waals surface area contributed by atoms with Crippen LogP contribution < -0.4 is 5.32 Å².